The highest BCUT2D eigenvalue weighted by molar-refractivity contribution is 5.73. The molecule has 0 amide bonds. The molecule has 152 valence electrons. The van der Waals surface area contributed by atoms with E-state index >= 15 is 0 Å². The van der Waals surface area contributed by atoms with Gasteiger partial charge in [0.1, 0.15) is 0 Å². The molecule has 0 spiro atoms. The number of hydrogen-bond acceptors (Lipinski definition) is 8. The molecule has 0 bridgehead atoms. The Morgan fingerprint density at radius 3 is 0.731 bits per heavy atom. The molecule has 0 aromatic heterocycles. The van der Waals surface area contributed by atoms with E-state index < -0.39 is 0 Å². The van der Waals surface area contributed by atoms with Gasteiger partial charge in [0.05, 0.1) is 23.7 Å². The van der Waals surface area contributed by atoms with Gasteiger partial charge in [0.2, 0.25) is 13.6 Å². The number of ether oxygens (including phenoxy) is 4. The second-order valence-electron chi connectivity index (χ2n) is 6.71. The average Bonchev–Trinajstić information content (AvgIpc) is 2.54. The average molecular weight is 376 g/mol. The van der Waals surface area contributed by atoms with Crippen molar-refractivity contribution in [3.63, 3.8) is 0 Å². The molecule has 0 saturated heterocycles. The second-order valence-corrected chi connectivity index (χ2v) is 6.71. The van der Waals surface area contributed by atoms with E-state index in [0.717, 1.165) is 0 Å². The van der Waals surface area contributed by atoms with Crippen LogP contribution in [0.4, 0.5) is 0 Å². The van der Waals surface area contributed by atoms with Crippen molar-refractivity contribution in [1.82, 2.24) is 0 Å². The molecule has 8 heteroatoms. The van der Waals surface area contributed by atoms with Crippen molar-refractivity contribution in [2.24, 2.45) is 23.7 Å². The smallest absolute Gasteiger partial charge is 0.311 e. The lowest BCUT2D eigenvalue weighted by molar-refractivity contribution is -0.173. The van der Waals surface area contributed by atoms with Gasteiger partial charge in [-0.05, 0) is 0 Å². The van der Waals surface area contributed by atoms with Crippen LogP contribution in [0.25, 0.3) is 0 Å². The number of rotatable bonds is 8. The second kappa shape index (κ2) is 14.1. The number of carbonyl (C=O) groups is 4. The molecule has 8 nitrogen and oxygen atoms in total. The van der Waals surface area contributed by atoms with E-state index in [9.17, 15) is 19.2 Å². The normalized spacial score (nSPS) is 10.3. The van der Waals surface area contributed by atoms with Crippen molar-refractivity contribution in [1.29, 1.82) is 0 Å². The Balaban J connectivity index is 0. The fourth-order valence-electron chi connectivity index (χ4n) is 0.958. The summed E-state index contributed by atoms with van der Waals surface area (Å²) in [6.07, 6.45) is 0. The van der Waals surface area contributed by atoms with Crippen LogP contribution in [-0.4, -0.2) is 37.5 Å². The Bertz CT molecular complexity index is 370. The SMILES string of the molecule is CC(C)C(=O)OCOC(=O)C(C)C.CC(C)C(=O)OCOC(=O)C(C)C. The summed E-state index contributed by atoms with van der Waals surface area (Å²) in [4.78, 5) is 43.5. The van der Waals surface area contributed by atoms with Gasteiger partial charge in [-0.25, -0.2) is 0 Å². The number of carbonyl (C=O) groups excluding carboxylic acids is 4. The highest BCUT2D eigenvalue weighted by Gasteiger charge is 2.12. The molecular weight excluding hydrogens is 344 g/mol. The first-order valence-electron chi connectivity index (χ1n) is 8.56. The number of hydrogen-bond donors (Lipinski definition) is 0. The van der Waals surface area contributed by atoms with E-state index in [1.165, 1.54) is 0 Å². The molecule has 0 fully saturated rings. The minimum absolute atomic E-state index is 0.197. The largest absolute Gasteiger partial charge is 0.428 e. The zero-order chi connectivity index (χ0) is 20.9. The van der Waals surface area contributed by atoms with Gasteiger partial charge in [0.25, 0.3) is 0 Å². The summed E-state index contributed by atoms with van der Waals surface area (Å²) >= 11 is 0. The molecule has 0 rings (SSSR count). The molecular formula is C18H32O8. The van der Waals surface area contributed by atoms with Crippen molar-refractivity contribution in [3.8, 4) is 0 Å². The minimum Gasteiger partial charge on any atom is -0.428 e. The molecule has 0 aliphatic heterocycles. The lowest BCUT2D eigenvalue weighted by Gasteiger charge is -2.08. The van der Waals surface area contributed by atoms with Gasteiger partial charge in [-0.3, -0.25) is 19.2 Å². The lowest BCUT2D eigenvalue weighted by Crippen LogP contribution is -2.18. The summed E-state index contributed by atoms with van der Waals surface area (Å²) in [5.74, 6) is -2.24. The fraction of sp³-hybridized carbons (Fsp3) is 0.778. The van der Waals surface area contributed by atoms with Crippen molar-refractivity contribution in [3.05, 3.63) is 0 Å². The maximum absolute atomic E-state index is 10.9. The van der Waals surface area contributed by atoms with Crippen LogP contribution in [0.3, 0.4) is 0 Å². The minimum atomic E-state index is -0.364. The predicted octanol–water partition coefficient (Wildman–Crippen LogP) is 2.68. The van der Waals surface area contributed by atoms with Crippen LogP contribution in [0.15, 0.2) is 0 Å². The van der Waals surface area contributed by atoms with Crippen molar-refractivity contribution >= 4 is 23.9 Å². The first kappa shape index (κ1) is 26.1. The Morgan fingerprint density at radius 1 is 0.462 bits per heavy atom. The van der Waals surface area contributed by atoms with Crippen molar-refractivity contribution in [2.45, 2.75) is 55.4 Å². The summed E-state index contributed by atoms with van der Waals surface area (Å²) in [5.41, 5.74) is 0. The van der Waals surface area contributed by atoms with Crippen LogP contribution in [0.2, 0.25) is 0 Å². The molecule has 0 radical (unpaired) electrons. The molecule has 0 N–H and O–H groups in total. The first-order chi connectivity index (χ1) is 11.9. The summed E-state index contributed by atoms with van der Waals surface area (Å²) in [6.45, 7) is 13.2. The summed E-state index contributed by atoms with van der Waals surface area (Å²) < 4.78 is 18.6. The van der Waals surface area contributed by atoms with Crippen LogP contribution in [0, 0.1) is 23.7 Å². The van der Waals surface area contributed by atoms with Crippen LogP contribution >= 0.6 is 0 Å². The zero-order valence-electron chi connectivity index (χ0n) is 17.0. The Hall–Kier alpha value is -2.12. The van der Waals surface area contributed by atoms with Crippen LogP contribution < -0.4 is 0 Å². The van der Waals surface area contributed by atoms with Gasteiger partial charge >= 0.3 is 23.9 Å². The maximum Gasteiger partial charge on any atom is 0.311 e. The van der Waals surface area contributed by atoms with E-state index in [4.69, 9.17) is 0 Å². The summed E-state index contributed by atoms with van der Waals surface area (Å²) in [7, 11) is 0. The Morgan fingerprint density at radius 2 is 0.615 bits per heavy atom. The van der Waals surface area contributed by atoms with E-state index in [-0.39, 0.29) is 61.1 Å². The number of esters is 4. The standard InChI is InChI=1S/2C9H16O4/c2*1-6(2)8(10)12-5-13-9(11)7(3)4/h2*6-7H,5H2,1-4H3. The summed E-state index contributed by atoms with van der Waals surface area (Å²) in [5, 5.41) is 0. The third-order valence-corrected chi connectivity index (χ3v) is 2.69. The Labute approximate surface area is 155 Å². The lowest BCUT2D eigenvalue weighted by atomic mass is 10.2. The van der Waals surface area contributed by atoms with Crippen LogP contribution in [0.1, 0.15) is 55.4 Å². The molecule has 26 heavy (non-hydrogen) atoms. The maximum atomic E-state index is 10.9. The molecule has 0 aromatic carbocycles. The van der Waals surface area contributed by atoms with E-state index in [0.29, 0.717) is 0 Å². The van der Waals surface area contributed by atoms with E-state index in [1.807, 2.05) is 0 Å². The van der Waals surface area contributed by atoms with Gasteiger partial charge in [-0.2, -0.15) is 0 Å². The zero-order valence-corrected chi connectivity index (χ0v) is 17.0. The van der Waals surface area contributed by atoms with Gasteiger partial charge in [0, 0.05) is 0 Å². The van der Waals surface area contributed by atoms with Crippen LogP contribution in [-0.2, 0) is 38.1 Å². The molecule has 0 saturated carbocycles. The van der Waals surface area contributed by atoms with Gasteiger partial charge in [0.15, 0.2) is 0 Å². The third-order valence-electron chi connectivity index (χ3n) is 2.69. The predicted molar refractivity (Wildman–Crippen MR) is 93.5 cm³/mol. The van der Waals surface area contributed by atoms with Crippen LogP contribution in [0.5, 0.6) is 0 Å². The highest BCUT2D eigenvalue weighted by atomic mass is 16.7. The monoisotopic (exact) mass is 376 g/mol. The van der Waals surface area contributed by atoms with Gasteiger partial charge < -0.3 is 18.9 Å². The van der Waals surface area contributed by atoms with Crippen molar-refractivity contribution in [2.75, 3.05) is 13.6 Å². The first-order valence-corrected chi connectivity index (χ1v) is 8.56. The molecule has 0 aliphatic carbocycles. The summed E-state index contributed by atoms with van der Waals surface area (Å²) in [6, 6.07) is 0. The van der Waals surface area contributed by atoms with Gasteiger partial charge in [-0.15, -0.1) is 0 Å². The van der Waals surface area contributed by atoms with Crippen molar-refractivity contribution < 1.29 is 38.1 Å². The fourth-order valence-corrected chi connectivity index (χ4v) is 0.958. The molecule has 0 aromatic rings. The topological polar surface area (TPSA) is 105 Å². The molecule has 0 unspecified atom stereocenters. The van der Waals surface area contributed by atoms with E-state index in [1.54, 1.807) is 55.4 Å². The quantitative estimate of drug-likeness (QED) is 0.470. The Kier molecular flexibility index (Phi) is 14.2. The van der Waals surface area contributed by atoms with Gasteiger partial charge in [-0.1, -0.05) is 55.4 Å². The molecule has 0 atom stereocenters. The third kappa shape index (κ3) is 14.2. The van der Waals surface area contributed by atoms with E-state index in [2.05, 4.69) is 18.9 Å². The molecule has 0 heterocycles. The molecule has 0 aliphatic rings. The highest BCUT2D eigenvalue weighted by Crippen LogP contribution is 2.00.